The lowest BCUT2D eigenvalue weighted by Crippen LogP contribution is -2.17. The van der Waals surface area contributed by atoms with Crippen LogP contribution in [0.4, 0.5) is 5.69 Å². The molecule has 1 heterocycles. The normalized spacial score (nSPS) is 12.0. The Balaban J connectivity index is 2.11. The number of esters is 1. The number of benzene rings is 1. The predicted molar refractivity (Wildman–Crippen MR) is 101 cm³/mol. The van der Waals surface area contributed by atoms with E-state index in [-0.39, 0.29) is 29.7 Å². The van der Waals surface area contributed by atoms with E-state index in [9.17, 15) is 9.59 Å². The van der Waals surface area contributed by atoms with Crippen LogP contribution in [0.25, 0.3) is 0 Å². The lowest BCUT2D eigenvalue weighted by molar-refractivity contribution is 0.0475. The zero-order valence-corrected chi connectivity index (χ0v) is 16.1. The first-order valence-electron chi connectivity index (χ1n) is 8.19. The standard InChI is InChI=1S/C19H23ClN2O4/c1-11-7-16(13(3)22(11)12(2)9-25-4)18(23)10-26-19(24)15-6-5-14(20)8-17(15)21/h5-8,12H,9-10,21H2,1-4H3. The van der Waals surface area contributed by atoms with Crippen LogP contribution in [-0.2, 0) is 9.47 Å². The number of nitrogens with zero attached hydrogens (tertiary/aromatic N) is 1. The molecule has 26 heavy (non-hydrogen) atoms. The molecule has 0 fully saturated rings. The number of aryl methyl sites for hydroxylation is 1. The summed E-state index contributed by atoms with van der Waals surface area (Å²) in [5.74, 6) is -0.927. The highest BCUT2D eigenvalue weighted by Gasteiger charge is 2.20. The fourth-order valence-electron chi connectivity index (χ4n) is 3.06. The van der Waals surface area contributed by atoms with Crippen molar-refractivity contribution in [3.05, 3.63) is 51.8 Å². The number of hydrogen-bond acceptors (Lipinski definition) is 5. The number of methoxy groups -OCH3 is 1. The molecular weight excluding hydrogens is 356 g/mol. The Morgan fingerprint density at radius 1 is 1.23 bits per heavy atom. The minimum atomic E-state index is -0.658. The van der Waals surface area contributed by atoms with E-state index in [1.807, 2.05) is 25.3 Å². The smallest absolute Gasteiger partial charge is 0.340 e. The molecule has 0 saturated carbocycles. The Morgan fingerprint density at radius 2 is 1.92 bits per heavy atom. The van der Waals surface area contributed by atoms with Gasteiger partial charge in [0.05, 0.1) is 18.2 Å². The summed E-state index contributed by atoms with van der Waals surface area (Å²) in [6.45, 7) is 5.99. The van der Waals surface area contributed by atoms with Crippen LogP contribution in [0.3, 0.4) is 0 Å². The van der Waals surface area contributed by atoms with E-state index in [4.69, 9.17) is 26.8 Å². The molecule has 2 N–H and O–H groups in total. The van der Waals surface area contributed by atoms with Gasteiger partial charge < -0.3 is 19.8 Å². The van der Waals surface area contributed by atoms with Crippen molar-refractivity contribution >= 4 is 29.0 Å². The summed E-state index contributed by atoms with van der Waals surface area (Å²) in [5, 5.41) is 0.424. The van der Waals surface area contributed by atoms with Crippen molar-refractivity contribution < 1.29 is 19.1 Å². The van der Waals surface area contributed by atoms with Crippen molar-refractivity contribution in [3.63, 3.8) is 0 Å². The van der Waals surface area contributed by atoms with E-state index in [2.05, 4.69) is 0 Å². The summed E-state index contributed by atoms with van der Waals surface area (Å²) in [4.78, 5) is 24.7. The molecule has 1 atom stereocenters. The van der Waals surface area contributed by atoms with Crippen molar-refractivity contribution in [1.82, 2.24) is 4.57 Å². The summed E-state index contributed by atoms with van der Waals surface area (Å²) >= 11 is 5.81. The second-order valence-electron chi connectivity index (χ2n) is 6.19. The van der Waals surface area contributed by atoms with Crippen molar-refractivity contribution in [3.8, 4) is 0 Å². The van der Waals surface area contributed by atoms with Gasteiger partial charge in [0.25, 0.3) is 0 Å². The van der Waals surface area contributed by atoms with Crippen LogP contribution >= 0.6 is 11.6 Å². The maximum Gasteiger partial charge on any atom is 0.340 e. The number of aromatic nitrogens is 1. The Bertz CT molecular complexity index is 829. The Kier molecular flexibility index (Phi) is 6.45. The molecule has 1 aromatic heterocycles. The maximum atomic E-state index is 12.5. The summed E-state index contributed by atoms with van der Waals surface area (Å²) in [6, 6.07) is 6.38. The van der Waals surface area contributed by atoms with Crippen LogP contribution in [-0.4, -0.2) is 36.6 Å². The number of nitrogen functional groups attached to an aromatic ring is 1. The molecule has 6 nitrogen and oxygen atoms in total. The lowest BCUT2D eigenvalue weighted by Gasteiger charge is -2.17. The van der Waals surface area contributed by atoms with E-state index < -0.39 is 5.97 Å². The van der Waals surface area contributed by atoms with Gasteiger partial charge in [0, 0.05) is 34.8 Å². The van der Waals surface area contributed by atoms with Crippen molar-refractivity contribution in [2.24, 2.45) is 0 Å². The van der Waals surface area contributed by atoms with Gasteiger partial charge >= 0.3 is 5.97 Å². The van der Waals surface area contributed by atoms with Gasteiger partial charge in [-0.3, -0.25) is 4.79 Å². The molecule has 0 spiro atoms. The van der Waals surface area contributed by atoms with Crippen LogP contribution < -0.4 is 5.73 Å². The fourth-order valence-corrected chi connectivity index (χ4v) is 3.24. The molecule has 1 unspecified atom stereocenters. The summed E-state index contributed by atoms with van der Waals surface area (Å²) < 4.78 is 12.4. The molecule has 0 bridgehead atoms. The molecule has 1 aromatic carbocycles. The maximum absolute atomic E-state index is 12.5. The highest BCUT2D eigenvalue weighted by atomic mass is 35.5. The van der Waals surface area contributed by atoms with Crippen LogP contribution in [0.15, 0.2) is 24.3 Å². The quantitative estimate of drug-likeness (QED) is 0.452. The Hall–Kier alpha value is -2.31. The van der Waals surface area contributed by atoms with E-state index >= 15 is 0 Å². The third-order valence-electron chi connectivity index (χ3n) is 4.20. The van der Waals surface area contributed by atoms with Gasteiger partial charge in [-0.2, -0.15) is 0 Å². The number of carbonyl (C=O) groups excluding carboxylic acids is 2. The molecule has 0 amide bonds. The predicted octanol–water partition coefficient (Wildman–Crippen LogP) is 3.59. The average Bonchev–Trinajstić information content (AvgIpc) is 2.87. The zero-order chi connectivity index (χ0) is 19.4. The highest BCUT2D eigenvalue weighted by Crippen LogP contribution is 2.22. The molecule has 0 saturated heterocycles. The molecule has 0 aliphatic rings. The number of nitrogens with two attached hydrogens (primary N) is 1. The second-order valence-corrected chi connectivity index (χ2v) is 6.63. The molecule has 7 heteroatoms. The Labute approximate surface area is 157 Å². The minimum Gasteiger partial charge on any atom is -0.454 e. The first-order valence-corrected chi connectivity index (χ1v) is 8.56. The third kappa shape index (κ3) is 4.26. The summed E-state index contributed by atoms with van der Waals surface area (Å²) in [6.07, 6.45) is 0. The highest BCUT2D eigenvalue weighted by molar-refractivity contribution is 6.31. The van der Waals surface area contributed by atoms with Crippen LogP contribution in [0.2, 0.25) is 5.02 Å². The molecule has 0 radical (unpaired) electrons. The van der Waals surface area contributed by atoms with Gasteiger partial charge in [0.15, 0.2) is 6.61 Å². The van der Waals surface area contributed by atoms with E-state index in [0.29, 0.717) is 17.2 Å². The minimum absolute atomic E-state index is 0.0953. The van der Waals surface area contributed by atoms with Crippen LogP contribution in [0.1, 0.15) is 45.1 Å². The third-order valence-corrected chi connectivity index (χ3v) is 4.44. The summed E-state index contributed by atoms with van der Waals surface area (Å²) in [7, 11) is 1.64. The number of halogens is 1. The van der Waals surface area contributed by atoms with Gasteiger partial charge in [0.2, 0.25) is 5.78 Å². The second kappa shape index (κ2) is 8.38. The zero-order valence-electron chi connectivity index (χ0n) is 15.3. The van der Waals surface area contributed by atoms with Gasteiger partial charge in [-0.25, -0.2) is 4.79 Å². The number of ether oxygens (including phenoxy) is 2. The van der Waals surface area contributed by atoms with Crippen molar-refractivity contribution in [2.75, 3.05) is 26.1 Å². The largest absolute Gasteiger partial charge is 0.454 e. The van der Waals surface area contributed by atoms with E-state index in [1.54, 1.807) is 19.2 Å². The van der Waals surface area contributed by atoms with Gasteiger partial charge in [-0.05, 0) is 45.0 Å². The first-order chi connectivity index (χ1) is 12.3. The number of rotatable bonds is 7. The van der Waals surface area contributed by atoms with Crippen molar-refractivity contribution in [2.45, 2.75) is 26.8 Å². The fraction of sp³-hybridized carbons (Fsp3) is 0.368. The number of carbonyl (C=O) groups is 2. The topological polar surface area (TPSA) is 83.5 Å². The van der Waals surface area contributed by atoms with E-state index in [0.717, 1.165) is 11.4 Å². The van der Waals surface area contributed by atoms with Crippen LogP contribution in [0, 0.1) is 13.8 Å². The first kappa shape index (κ1) is 20.0. The number of anilines is 1. The lowest BCUT2D eigenvalue weighted by atomic mass is 10.1. The number of hydrogen-bond donors (Lipinski definition) is 1. The molecule has 0 aliphatic heterocycles. The van der Waals surface area contributed by atoms with Crippen LogP contribution in [0.5, 0.6) is 0 Å². The van der Waals surface area contributed by atoms with Gasteiger partial charge in [-0.15, -0.1) is 0 Å². The molecule has 0 aliphatic carbocycles. The molecule has 2 aromatic rings. The van der Waals surface area contributed by atoms with E-state index in [1.165, 1.54) is 12.1 Å². The van der Waals surface area contributed by atoms with Crippen molar-refractivity contribution in [1.29, 1.82) is 0 Å². The molecule has 2 rings (SSSR count). The SMILES string of the molecule is COCC(C)n1c(C)cc(C(=O)COC(=O)c2ccc(Cl)cc2N)c1C. The summed E-state index contributed by atoms with van der Waals surface area (Å²) in [5.41, 5.74) is 8.45. The average molecular weight is 379 g/mol. The van der Waals surface area contributed by atoms with Gasteiger partial charge in [-0.1, -0.05) is 11.6 Å². The molecular formula is C19H23ClN2O4. The number of ketones is 1. The monoisotopic (exact) mass is 378 g/mol. The Morgan fingerprint density at radius 3 is 2.54 bits per heavy atom. The van der Waals surface area contributed by atoms with Gasteiger partial charge in [0.1, 0.15) is 0 Å². The number of Topliss-reactive ketones (excluding diaryl/α,β-unsaturated/α-hetero) is 1. The molecule has 140 valence electrons.